The Morgan fingerprint density at radius 1 is 1.32 bits per heavy atom. The van der Waals surface area contributed by atoms with Gasteiger partial charge in [0.15, 0.2) is 0 Å². The summed E-state index contributed by atoms with van der Waals surface area (Å²) in [5, 5.41) is 6.27. The number of nitrogen functional groups attached to an aromatic ring is 1. The van der Waals surface area contributed by atoms with E-state index in [1.54, 1.807) is 18.4 Å². The van der Waals surface area contributed by atoms with Crippen molar-refractivity contribution in [3.8, 4) is 0 Å². The molecule has 104 valence electrons. The van der Waals surface area contributed by atoms with Crippen LogP contribution in [0.3, 0.4) is 0 Å². The molecule has 19 heavy (non-hydrogen) atoms. The van der Waals surface area contributed by atoms with Crippen LogP contribution >= 0.6 is 11.3 Å². The van der Waals surface area contributed by atoms with E-state index in [0.29, 0.717) is 25.8 Å². The van der Waals surface area contributed by atoms with Crippen molar-refractivity contribution in [1.82, 2.24) is 9.97 Å². The summed E-state index contributed by atoms with van der Waals surface area (Å²) < 4.78 is 10.3. The number of hydrogen-bond donors (Lipinski definition) is 2. The number of nitrogens with two attached hydrogens (primary N) is 1. The second-order valence-electron chi connectivity index (χ2n) is 3.96. The van der Waals surface area contributed by atoms with Crippen LogP contribution in [0.5, 0.6) is 0 Å². The number of anilines is 2. The summed E-state index contributed by atoms with van der Waals surface area (Å²) in [5.74, 6) is 1.09. The van der Waals surface area contributed by atoms with Gasteiger partial charge in [0.2, 0.25) is 5.95 Å². The summed E-state index contributed by atoms with van der Waals surface area (Å²) in [7, 11) is 1.66. The predicted octanol–water partition coefficient (Wildman–Crippen LogP) is 1.74. The van der Waals surface area contributed by atoms with E-state index < -0.39 is 0 Å². The number of nitrogens with one attached hydrogen (secondary N) is 1. The average Bonchev–Trinajstić information content (AvgIpc) is 2.85. The minimum atomic E-state index is 0.300. The van der Waals surface area contributed by atoms with Crippen LogP contribution in [0.2, 0.25) is 0 Å². The fourth-order valence-corrected chi connectivity index (χ4v) is 2.40. The Hall–Kier alpha value is -1.44. The molecule has 0 radical (unpaired) electrons. The smallest absolute Gasteiger partial charge is 0.223 e. The molecule has 0 aromatic carbocycles. The number of methoxy groups -OCH3 is 1. The van der Waals surface area contributed by atoms with Gasteiger partial charge in [0.05, 0.1) is 18.6 Å². The predicted molar refractivity (Wildman–Crippen MR) is 77.6 cm³/mol. The maximum absolute atomic E-state index is 5.68. The van der Waals surface area contributed by atoms with E-state index in [1.165, 1.54) is 0 Å². The third-order valence-electron chi connectivity index (χ3n) is 2.53. The quantitative estimate of drug-likeness (QED) is 0.718. The first kappa shape index (κ1) is 14.0. The maximum Gasteiger partial charge on any atom is 0.223 e. The molecule has 6 nitrogen and oxygen atoms in total. The SMILES string of the molecule is COCCOCCCNc1nc(N)nc2sccc12. The van der Waals surface area contributed by atoms with Crippen molar-refractivity contribution in [1.29, 1.82) is 0 Å². The highest BCUT2D eigenvalue weighted by Gasteiger charge is 2.06. The van der Waals surface area contributed by atoms with Gasteiger partial charge in [-0.15, -0.1) is 11.3 Å². The lowest BCUT2D eigenvalue weighted by molar-refractivity contribution is 0.0705. The standard InChI is InChI=1S/C12H18N4O2S/c1-17-6-7-18-5-2-4-14-10-9-3-8-19-11(9)16-12(13)15-10/h3,8H,2,4-7H2,1H3,(H3,13,14,15,16). The Morgan fingerprint density at radius 3 is 3.05 bits per heavy atom. The van der Waals surface area contributed by atoms with Crippen LogP contribution < -0.4 is 11.1 Å². The van der Waals surface area contributed by atoms with Crippen LogP contribution in [-0.2, 0) is 9.47 Å². The van der Waals surface area contributed by atoms with Crippen molar-refractivity contribution in [3.63, 3.8) is 0 Å². The maximum atomic E-state index is 5.68. The third-order valence-corrected chi connectivity index (χ3v) is 3.34. The van der Waals surface area contributed by atoms with E-state index in [1.807, 2.05) is 11.4 Å². The molecule has 0 aliphatic rings. The Morgan fingerprint density at radius 2 is 2.21 bits per heavy atom. The van der Waals surface area contributed by atoms with Crippen molar-refractivity contribution < 1.29 is 9.47 Å². The van der Waals surface area contributed by atoms with Gasteiger partial charge in [0.1, 0.15) is 10.6 Å². The second-order valence-corrected chi connectivity index (χ2v) is 4.85. The molecule has 0 saturated carbocycles. The third kappa shape index (κ3) is 4.02. The van der Waals surface area contributed by atoms with Crippen molar-refractivity contribution in [2.75, 3.05) is 44.5 Å². The Kier molecular flexibility index (Phi) is 5.31. The van der Waals surface area contributed by atoms with Crippen LogP contribution in [0.1, 0.15) is 6.42 Å². The zero-order valence-electron chi connectivity index (χ0n) is 10.9. The van der Waals surface area contributed by atoms with E-state index in [2.05, 4.69) is 15.3 Å². The van der Waals surface area contributed by atoms with Gasteiger partial charge in [-0.3, -0.25) is 0 Å². The lowest BCUT2D eigenvalue weighted by Gasteiger charge is -2.07. The molecule has 0 spiro atoms. The summed E-state index contributed by atoms with van der Waals surface area (Å²) in [6, 6.07) is 2.00. The van der Waals surface area contributed by atoms with E-state index in [4.69, 9.17) is 15.2 Å². The summed E-state index contributed by atoms with van der Waals surface area (Å²) in [4.78, 5) is 9.31. The van der Waals surface area contributed by atoms with Crippen molar-refractivity contribution in [3.05, 3.63) is 11.4 Å². The molecule has 2 aromatic rings. The van der Waals surface area contributed by atoms with Gasteiger partial charge in [0.25, 0.3) is 0 Å². The molecule has 2 heterocycles. The summed E-state index contributed by atoms with van der Waals surface area (Å²) in [5.41, 5.74) is 5.68. The zero-order valence-corrected chi connectivity index (χ0v) is 11.7. The van der Waals surface area contributed by atoms with Crippen molar-refractivity contribution in [2.45, 2.75) is 6.42 Å². The van der Waals surface area contributed by atoms with Gasteiger partial charge in [-0.25, -0.2) is 4.98 Å². The molecule has 3 N–H and O–H groups in total. The Labute approximate surface area is 115 Å². The molecule has 2 rings (SSSR count). The van der Waals surface area contributed by atoms with E-state index in [0.717, 1.165) is 29.0 Å². The molecule has 0 atom stereocenters. The molecule has 2 aromatic heterocycles. The number of ether oxygens (including phenoxy) is 2. The Bertz CT molecular complexity index is 517. The molecule has 7 heteroatoms. The Balaban J connectivity index is 1.79. The molecule has 0 unspecified atom stereocenters. The molecule has 0 aliphatic carbocycles. The number of fused-ring (bicyclic) bond motifs is 1. The average molecular weight is 282 g/mol. The van der Waals surface area contributed by atoms with E-state index in [9.17, 15) is 0 Å². The molecular weight excluding hydrogens is 264 g/mol. The largest absolute Gasteiger partial charge is 0.382 e. The van der Waals surface area contributed by atoms with Crippen molar-refractivity contribution >= 4 is 33.3 Å². The summed E-state index contributed by atoms with van der Waals surface area (Å²) in [6.07, 6.45) is 0.902. The second kappa shape index (κ2) is 7.22. The van der Waals surface area contributed by atoms with Crippen LogP contribution in [0.4, 0.5) is 11.8 Å². The van der Waals surface area contributed by atoms with Gasteiger partial charge in [-0.1, -0.05) is 0 Å². The lowest BCUT2D eigenvalue weighted by atomic mass is 10.3. The normalized spacial score (nSPS) is 11.0. The number of aromatic nitrogens is 2. The number of hydrogen-bond acceptors (Lipinski definition) is 7. The number of thiophene rings is 1. The van der Waals surface area contributed by atoms with Crippen LogP contribution in [0.25, 0.3) is 10.2 Å². The van der Waals surface area contributed by atoms with Gasteiger partial charge in [0, 0.05) is 20.3 Å². The first-order valence-electron chi connectivity index (χ1n) is 6.12. The summed E-state index contributed by atoms with van der Waals surface area (Å²) in [6.45, 7) is 2.75. The van der Waals surface area contributed by atoms with E-state index >= 15 is 0 Å². The molecule has 0 fully saturated rings. The van der Waals surface area contributed by atoms with E-state index in [-0.39, 0.29) is 0 Å². The molecule has 0 bridgehead atoms. The molecule has 0 amide bonds. The highest BCUT2D eigenvalue weighted by molar-refractivity contribution is 7.16. The highest BCUT2D eigenvalue weighted by atomic mass is 32.1. The minimum Gasteiger partial charge on any atom is -0.382 e. The van der Waals surface area contributed by atoms with Crippen LogP contribution in [-0.4, -0.2) is 43.4 Å². The van der Waals surface area contributed by atoms with Gasteiger partial charge >= 0.3 is 0 Å². The van der Waals surface area contributed by atoms with Gasteiger partial charge in [-0.2, -0.15) is 4.98 Å². The lowest BCUT2D eigenvalue weighted by Crippen LogP contribution is -2.10. The van der Waals surface area contributed by atoms with Crippen molar-refractivity contribution in [2.24, 2.45) is 0 Å². The highest BCUT2D eigenvalue weighted by Crippen LogP contribution is 2.25. The van der Waals surface area contributed by atoms with Crippen LogP contribution in [0, 0.1) is 0 Å². The molecule has 0 aliphatic heterocycles. The fraction of sp³-hybridized carbons (Fsp3) is 0.500. The summed E-state index contributed by atoms with van der Waals surface area (Å²) >= 11 is 1.56. The first-order chi connectivity index (χ1) is 9.31. The zero-order chi connectivity index (χ0) is 13.5. The fourth-order valence-electron chi connectivity index (χ4n) is 1.63. The molecular formula is C12H18N4O2S. The minimum absolute atomic E-state index is 0.300. The molecule has 0 saturated heterocycles. The topological polar surface area (TPSA) is 82.3 Å². The number of nitrogens with zero attached hydrogens (tertiary/aromatic N) is 2. The number of rotatable bonds is 8. The first-order valence-corrected chi connectivity index (χ1v) is 7.00. The monoisotopic (exact) mass is 282 g/mol. The van der Waals surface area contributed by atoms with Gasteiger partial charge < -0.3 is 20.5 Å². The van der Waals surface area contributed by atoms with Crippen LogP contribution in [0.15, 0.2) is 11.4 Å². The van der Waals surface area contributed by atoms with Gasteiger partial charge in [-0.05, 0) is 17.9 Å².